The van der Waals surface area contributed by atoms with Crippen molar-refractivity contribution in [3.63, 3.8) is 0 Å². The van der Waals surface area contributed by atoms with E-state index in [4.69, 9.17) is 9.72 Å². The van der Waals surface area contributed by atoms with Crippen LogP contribution in [0.3, 0.4) is 0 Å². The van der Waals surface area contributed by atoms with Crippen LogP contribution in [0.4, 0.5) is 5.13 Å². The summed E-state index contributed by atoms with van der Waals surface area (Å²) in [6, 6.07) is 12.0. The van der Waals surface area contributed by atoms with E-state index >= 15 is 0 Å². The Morgan fingerprint density at radius 2 is 2.14 bits per heavy atom. The summed E-state index contributed by atoms with van der Waals surface area (Å²) < 4.78 is 6.98. The van der Waals surface area contributed by atoms with Gasteiger partial charge in [-0.05, 0) is 62.3 Å². The Morgan fingerprint density at radius 3 is 2.89 bits per heavy atom. The molecule has 6 heteroatoms. The number of thioether (sulfide) groups is 1. The van der Waals surface area contributed by atoms with E-state index in [1.807, 2.05) is 35.4 Å². The van der Waals surface area contributed by atoms with Gasteiger partial charge in [-0.2, -0.15) is 0 Å². The monoisotopic (exact) mass is 412 g/mol. The number of amides is 1. The number of carbonyl (C=O) groups is 1. The van der Waals surface area contributed by atoms with Crippen LogP contribution in [0, 0.1) is 13.8 Å². The average molecular weight is 413 g/mol. The molecule has 1 aliphatic heterocycles. The van der Waals surface area contributed by atoms with E-state index in [0.717, 1.165) is 45.3 Å². The maximum Gasteiger partial charge on any atom is 0.261 e. The SMILES string of the molecule is CSc1ccccc1C(=O)N(C[C@@H]1CCCO1)c1nc2cc(C)cc(C)c2s1. The van der Waals surface area contributed by atoms with Crippen LogP contribution in [0.1, 0.15) is 34.3 Å². The van der Waals surface area contributed by atoms with Crippen LogP contribution in [0.15, 0.2) is 41.3 Å². The first-order valence-electron chi connectivity index (χ1n) is 9.51. The number of benzene rings is 2. The van der Waals surface area contributed by atoms with Gasteiger partial charge < -0.3 is 4.74 Å². The Kier molecular flexibility index (Phi) is 5.71. The number of hydrogen-bond donors (Lipinski definition) is 0. The summed E-state index contributed by atoms with van der Waals surface area (Å²) >= 11 is 3.18. The fourth-order valence-corrected chi connectivity index (χ4v) is 5.30. The molecule has 0 saturated carbocycles. The third kappa shape index (κ3) is 3.81. The molecule has 2 heterocycles. The van der Waals surface area contributed by atoms with E-state index in [0.29, 0.717) is 6.54 Å². The second-order valence-corrected chi connectivity index (χ2v) is 9.00. The van der Waals surface area contributed by atoms with Gasteiger partial charge >= 0.3 is 0 Å². The number of nitrogens with zero attached hydrogens (tertiary/aromatic N) is 2. The van der Waals surface area contributed by atoms with Crippen LogP contribution in [-0.2, 0) is 4.74 Å². The molecule has 0 N–H and O–H groups in total. The minimum Gasteiger partial charge on any atom is -0.376 e. The van der Waals surface area contributed by atoms with E-state index in [1.165, 1.54) is 11.1 Å². The molecule has 0 bridgehead atoms. The summed E-state index contributed by atoms with van der Waals surface area (Å²) in [5, 5.41) is 0.750. The molecular weight excluding hydrogens is 388 g/mol. The lowest BCUT2D eigenvalue weighted by Crippen LogP contribution is -2.37. The van der Waals surface area contributed by atoms with Gasteiger partial charge in [0.15, 0.2) is 5.13 Å². The Bertz CT molecular complexity index is 1010. The number of ether oxygens (including phenoxy) is 1. The quantitative estimate of drug-likeness (QED) is 0.522. The molecule has 2 aromatic carbocycles. The van der Waals surface area contributed by atoms with E-state index < -0.39 is 0 Å². The van der Waals surface area contributed by atoms with Crippen LogP contribution in [-0.4, -0.2) is 36.4 Å². The average Bonchev–Trinajstić information content (AvgIpc) is 3.35. The van der Waals surface area contributed by atoms with Crippen molar-refractivity contribution in [1.82, 2.24) is 4.98 Å². The molecule has 4 nitrogen and oxygen atoms in total. The van der Waals surface area contributed by atoms with Gasteiger partial charge in [0, 0.05) is 11.5 Å². The van der Waals surface area contributed by atoms with Gasteiger partial charge in [-0.1, -0.05) is 29.5 Å². The molecule has 146 valence electrons. The molecule has 0 radical (unpaired) electrons. The van der Waals surface area contributed by atoms with Gasteiger partial charge in [0.05, 0.1) is 28.4 Å². The summed E-state index contributed by atoms with van der Waals surface area (Å²) in [6.45, 7) is 5.49. The highest BCUT2D eigenvalue weighted by Gasteiger charge is 2.28. The topological polar surface area (TPSA) is 42.4 Å². The first-order valence-corrected chi connectivity index (χ1v) is 11.5. The number of fused-ring (bicyclic) bond motifs is 1. The molecule has 3 aromatic rings. The van der Waals surface area contributed by atoms with Crippen molar-refractivity contribution in [3.05, 3.63) is 53.1 Å². The fraction of sp³-hybridized carbons (Fsp3) is 0.364. The fourth-order valence-electron chi connectivity index (χ4n) is 3.69. The smallest absolute Gasteiger partial charge is 0.261 e. The molecule has 4 rings (SSSR count). The van der Waals surface area contributed by atoms with Crippen molar-refractivity contribution in [2.75, 3.05) is 24.3 Å². The molecule has 1 aliphatic rings. The van der Waals surface area contributed by atoms with Gasteiger partial charge in [-0.15, -0.1) is 11.8 Å². The largest absolute Gasteiger partial charge is 0.376 e. The second-order valence-electron chi connectivity index (χ2n) is 7.18. The van der Waals surface area contributed by atoms with Crippen LogP contribution in [0.2, 0.25) is 0 Å². The Morgan fingerprint density at radius 1 is 1.32 bits per heavy atom. The summed E-state index contributed by atoms with van der Waals surface area (Å²) in [7, 11) is 0. The van der Waals surface area contributed by atoms with Crippen molar-refractivity contribution >= 4 is 44.4 Å². The number of rotatable bonds is 5. The molecule has 0 unspecified atom stereocenters. The number of hydrogen-bond acceptors (Lipinski definition) is 5. The van der Waals surface area contributed by atoms with Gasteiger partial charge in [0.2, 0.25) is 0 Å². The van der Waals surface area contributed by atoms with Crippen molar-refractivity contribution in [2.24, 2.45) is 0 Å². The molecule has 1 fully saturated rings. The maximum absolute atomic E-state index is 13.6. The van der Waals surface area contributed by atoms with Crippen molar-refractivity contribution in [3.8, 4) is 0 Å². The highest BCUT2D eigenvalue weighted by molar-refractivity contribution is 7.98. The number of thiazole rings is 1. The third-order valence-electron chi connectivity index (χ3n) is 5.03. The van der Waals surface area contributed by atoms with Gasteiger partial charge in [0.25, 0.3) is 5.91 Å². The minimum atomic E-state index is -0.00567. The zero-order valence-electron chi connectivity index (χ0n) is 16.4. The van der Waals surface area contributed by atoms with Crippen LogP contribution in [0.25, 0.3) is 10.2 Å². The van der Waals surface area contributed by atoms with E-state index in [1.54, 1.807) is 23.1 Å². The Labute approximate surface area is 173 Å². The highest BCUT2D eigenvalue weighted by Crippen LogP contribution is 2.34. The van der Waals surface area contributed by atoms with Gasteiger partial charge in [-0.25, -0.2) is 4.98 Å². The second kappa shape index (κ2) is 8.23. The van der Waals surface area contributed by atoms with Crippen LogP contribution < -0.4 is 4.90 Å². The first-order chi connectivity index (χ1) is 13.6. The van der Waals surface area contributed by atoms with Crippen LogP contribution in [0.5, 0.6) is 0 Å². The summed E-state index contributed by atoms with van der Waals surface area (Å²) in [4.78, 5) is 21.2. The van der Waals surface area contributed by atoms with E-state index in [9.17, 15) is 4.79 Å². The number of aryl methyl sites for hydroxylation is 2. The molecule has 1 saturated heterocycles. The minimum absolute atomic E-state index is 0.00567. The Balaban J connectivity index is 1.77. The van der Waals surface area contributed by atoms with Gasteiger partial charge in [0.1, 0.15) is 0 Å². The number of aromatic nitrogens is 1. The van der Waals surface area contributed by atoms with E-state index in [-0.39, 0.29) is 12.0 Å². The van der Waals surface area contributed by atoms with Gasteiger partial charge in [-0.3, -0.25) is 9.69 Å². The molecular formula is C22H24N2O2S2. The standard InChI is InChI=1S/C22H24N2O2S2/c1-14-11-15(2)20-18(12-14)23-22(28-20)24(13-16-7-6-10-26-16)21(25)17-8-4-5-9-19(17)27-3/h4-5,8-9,11-12,16H,6-7,10,13H2,1-3H3/t16-/m0/s1. The number of carbonyl (C=O) groups excluding carboxylic acids is 1. The predicted molar refractivity (Wildman–Crippen MR) is 118 cm³/mol. The third-order valence-corrected chi connectivity index (χ3v) is 7.06. The maximum atomic E-state index is 13.6. The molecule has 1 amide bonds. The molecule has 28 heavy (non-hydrogen) atoms. The zero-order valence-corrected chi connectivity index (χ0v) is 18.0. The van der Waals surface area contributed by atoms with Crippen molar-refractivity contribution in [1.29, 1.82) is 0 Å². The molecule has 1 atom stereocenters. The predicted octanol–water partition coefficient (Wildman–Crippen LogP) is 5.46. The first kappa shape index (κ1) is 19.4. The van der Waals surface area contributed by atoms with E-state index in [2.05, 4.69) is 26.0 Å². The summed E-state index contributed by atoms with van der Waals surface area (Å²) in [5.41, 5.74) is 4.07. The van der Waals surface area contributed by atoms with Crippen molar-refractivity contribution in [2.45, 2.75) is 37.7 Å². The lowest BCUT2D eigenvalue weighted by molar-refractivity contribution is 0.0915. The zero-order chi connectivity index (χ0) is 19.7. The normalized spacial score (nSPS) is 16.6. The highest BCUT2D eigenvalue weighted by atomic mass is 32.2. The molecule has 1 aromatic heterocycles. The molecule has 0 aliphatic carbocycles. The summed E-state index contributed by atoms with van der Waals surface area (Å²) in [5.74, 6) is -0.00567. The lowest BCUT2D eigenvalue weighted by Gasteiger charge is -2.24. The van der Waals surface area contributed by atoms with Crippen LogP contribution >= 0.6 is 23.1 Å². The number of anilines is 1. The van der Waals surface area contributed by atoms with Crippen molar-refractivity contribution < 1.29 is 9.53 Å². The Hall–Kier alpha value is -1.89. The molecule has 0 spiro atoms. The summed E-state index contributed by atoms with van der Waals surface area (Å²) in [6.07, 6.45) is 4.10. The lowest BCUT2D eigenvalue weighted by atomic mass is 10.1.